The largest absolute Gasteiger partial charge is 0.489 e. The minimum absolute atomic E-state index is 0.178. The molecule has 0 aromatic heterocycles. The Kier molecular flexibility index (Phi) is 4.32. The molecule has 0 bridgehead atoms. The van der Waals surface area contributed by atoms with Gasteiger partial charge in [-0.2, -0.15) is 0 Å². The molecule has 0 saturated heterocycles. The van der Waals surface area contributed by atoms with E-state index in [4.69, 9.17) is 9.47 Å². The Bertz CT molecular complexity index is 661. The third-order valence-corrected chi connectivity index (χ3v) is 3.39. The van der Waals surface area contributed by atoms with Crippen LogP contribution in [0.5, 0.6) is 5.75 Å². The van der Waals surface area contributed by atoms with Crippen LogP contribution in [0.3, 0.4) is 0 Å². The Morgan fingerprint density at radius 3 is 2.50 bits per heavy atom. The van der Waals surface area contributed by atoms with E-state index in [1.807, 2.05) is 30.3 Å². The molecule has 2 aromatic rings. The molecule has 0 fully saturated rings. The second-order valence-corrected chi connectivity index (χ2v) is 5.01. The SMILES string of the molecule is O=C1C=C[C@H](O)O[C@@H]1c1ccc(OCc2ccccc2)cc1. The van der Waals surface area contributed by atoms with E-state index in [1.165, 1.54) is 12.2 Å². The van der Waals surface area contributed by atoms with Gasteiger partial charge in [0, 0.05) is 0 Å². The molecule has 0 spiro atoms. The van der Waals surface area contributed by atoms with Gasteiger partial charge in [-0.1, -0.05) is 42.5 Å². The maximum Gasteiger partial charge on any atom is 0.188 e. The molecule has 0 radical (unpaired) electrons. The van der Waals surface area contributed by atoms with E-state index >= 15 is 0 Å². The second-order valence-electron chi connectivity index (χ2n) is 5.01. The standard InChI is InChI=1S/C18H16O4/c19-16-10-11-17(20)22-18(16)14-6-8-15(9-7-14)21-12-13-4-2-1-3-5-13/h1-11,17-18,20H,12H2/t17-,18-/m1/s1. The van der Waals surface area contributed by atoms with Gasteiger partial charge in [0.05, 0.1) is 0 Å². The number of hydrogen-bond acceptors (Lipinski definition) is 4. The summed E-state index contributed by atoms with van der Waals surface area (Å²) in [6.07, 6.45) is 0.870. The monoisotopic (exact) mass is 296 g/mol. The zero-order valence-corrected chi connectivity index (χ0v) is 11.9. The smallest absolute Gasteiger partial charge is 0.188 e. The van der Waals surface area contributed by atoms with Crippen molar-refractivity contribution < 1.29 is 19.4 Å². The van der Waals surface area contributed by atoms with Crippen LogP contribution in [0.25, 0.3) is 0 Å². The lowest BCUT2D eigenvalue weighted by molar-refractivity contribution is -0.149. The highest BCUT2D eigenvalue weighted by Crippen LogP contribution is 2.26. The van der Waals surface area contributed by atoms with Gasteiger partial charge in [-0.3, -0.25) is 4.79 Å². The molecule has 0 amide bonds. The molecule has 1 heterocycles. The summed E-state index contributed by atoms with van der Waals surface area (Å²) in [5, 5.41) is 9.44. The van der Waals surface area contributed by atoms with Crippen molar-refractivity contribution in [2.45, 2.75) is 19.0 Å². The van der Waals surface area contributed by atoms with Crippen LogP contribution in [0.1, 0.15) is 17.2 Å². The quantitative estimate of drug-likeness (QED) is 0.942. The number of carbonyl (C=O) groups is 1. The number of rotatable bonds is 4. The first kappa shape index (κ1) is 14.5. The molecule has 22 heavy (non-hydrogen) atoms. The molecule has 2 atom stereocenters. The van der Waals surface area contributed by atoms with Crippen molar-refractivity contribution in [3.63, 3.8) is 0 Å². The summed E-state index contributed by atoms with van der Waals surface area (Å²) >= 11 is 0. The molecule has 0 unspecified atom stereocenters. The summed E-state index contributed by atoms with van der Waals surface area (Å²) in [6, 6.07) is 17.0. The van der Waals surface area contributed by atoms with Crippen molar-refractivity contribution in [1.29, 1.82) is 0 Å². The highest BCUT2D eigenvalue weighted by molar-refractivity contribution is 5.95. The summed E-state index contributed by atoms with van der Waals surface area (Å²) < 4.78 is 10.9. The van der Waals surface area contributed by atoms with Crippen molar-refractivity contribution in [3.05, 3.63) is 77.9 Å². The molecule has 0 aliphatic carbocycles. The lowest BCUT2D eigenvalue weighted by atomic mass is 10.0. The first-order valence-electron chi connectivity index (χ1n) is 7.04. The van der Waals surface area contributed by atoms with Crippen molar-refractivity contribution in [3.8, 4) is 5.75 Å². The van der Waals surface area contributed by atoms with Crippen LogP contribution in [0, 0.1) is 0 Å². The molecule has 1 N–H and O–H groups in total. The molecule has 2 aromatic carbocycles. The van der Waals surface area contributed by atoms with E-state index in [2.05, 4.69) is 0 Å². The third kappa shape index (κ3) is 3.42. The van der Waals surface area contributed by atoms with Crippen LogP contribution >= 0.6 is 0 Å². The van der Waals surface area contributed by atoms with Crippen LogP contribution in [-0.2, 0) is 16.1 Å². The molecule has 4 nitrogen and oxygen atoms in total. The fourth-order valence-corrected chi connectivity index (χ4v) is 2.24. The van der Waals surface area contributed by atoms with E-state index in [0.29, 0.717) is 17.9 Å². The van der Waals surface area contributed by atoms with Gasteiger partial charge in [-0.05, 0) is 35.4 Å². The van der Waals surface area contributed by atoms with Crippen LogP contribution in [-0.4, -0.2) is 17.2 Å². The normalized spacial score (nSPS) is 20.9. The van der Waals surface area contributed by atoms with Crippen LogP contribution in [0.2, 0.25) is 0 Å². The maximum absolute atomic E-state index is 11.8. The van der Waals surface area contributed by atoms with Gasteiger partial charge in [-0.25, -0.2) is 0 Å². The van der Waals surface area contributed by atoms with Gasteiger partial charge in [0.2, 0.25) is 0 Å². The second kappa shape index (κ2) is 6.56. The summed E-state index contributed by atoms with van der Waals surface area (Å²) in [6.45, 7) is 0.487. The van der Waals surface area contributed by atoms with Crippen molar-refractivity contribution in [2.24, 2.45) is 0 Å². The summed E-state index contributed by atoms with van der Waals surface area (Å²) in [5.74, 6) is 0.537. The van der Waals surface area contributed by atoms with E-state index in [0.717, 1.165) is 5.56 Å². The van der Waals surface area contributed by atoms with Gasteiger partial charge in [0.25, 0.3) is 0 Å². The minimum atomic E-state index is -1.04. The predicted molar refractivity (Wildman–Crippen MR) is 81.2 cm³/mol. The van der Waals surface area contributed by atoms with Gasteiger partial charge in [0.1, 0.15) is 18.5 Å². The molecular formula is C18H16O4. The molecular weight excluding hydrogens is 280 g/mol. The average molecular weight is 296 g/mol. The van der Waals surface area contributed by atoms with Gasteiger partial charge >= 0.3 is 0 Å². The van der Waals surface area contributed by atoms with Crippen LogP contribution < -0.4 is 4.74 Å². The molecule has 1 aliphatic heterocycles. The van der Waals surface area contributed by atoms with Gasteiger partial charge in [0.15, 0.2) is 12.1 Å². The van der Waals surface area contributed by atoms with E-state index in [-0.39, 0.29) is 5.78 Å². The molecule has 3 rings (SSSR count). The maximum atomic E-state index is 11.8. The zero-order valence-electron chi connectivity index (χ0n) is 11.9. The third-order valence-electron chi connectivity index (χ3n) is 3.39. The number of ether oxygens (including phenoxy) is 2. The number of aliphatic hydroxyl groups excluding tert-OH is 1. The van der Waals surface area contributed by atoms with Crippen molar-refractivity contribution in [1.82, 2.24) is 0 Å². The number of benzene rings is 2. The van der Waals surface area contributed by atoms with E-state index in [9.17, 15) is 9.90 Å². The van der Waals surface area contributed by atoms with E-state index < -0.39 is 12.4 Å². The number of carbonyl (C=O) groups excluding carboxylic acids is 1. The lowest BCUT2D eigenvalue weighted by Gasteiger charge is -2.21. The Morgan fingerprint density at radius 2 is 1.77 bits per heavy atom. The number of ketones is 1. The van der Waals surface area contributed by atoms with Crippen LogP contribution in [0.15, 0.2) is 66.7 Å². The summed E-state index contributed by atoms with van der Waals surface area (Å²) in [5.41, 5.74) is 1.78. The van der Waals surface area contributed by atoms with Gasteiger partial charge in [-0.15, -0.1) is 0 Å². The Morgan fingerprint density at radius 1 is 1.05 bits per heavy atom. The van der Waals surface area contributed by atoms with Crippen molar-refractivity contribution in [2.75, 3.05) is 0 Å². The Labute approximate surface area is 128 Å². The van der Waals surface area contributed by atoms with E-state index in [1.54, 1.807) is 24.3 Å². The topological polar surface area (TPSA) is 55.8 Å². The summed E-state index contributed by atoms with van der Waals surface area (Å²) in [7, 11) is 0. The predicted octanol–water partition coefficient (Wildman–Crippen LogP) is 2.78. The molecule has 0 saturated carbocycles. The first-order valence-corrected chi connectivity index (χ1v) is 7.04. The molecule has 112 valence electrons. The number of aliphatic hydroxyl groups is 1. The number of hydrogen-bond donors (Lipinski definition) is 1. The lowest BCUT2D eigenvalue weighted by Crippen LogP contribution is -2.24. The minimum Gasteiger partial charge on any atom is -0.489 e. The Balaban J connectivity index is 1.65. The van der Waals surface area contributed by atoms with Crippen molar-refractivity contribution >= 4 is 5.78 Å². The summed E-state index contributed by atoms with van der Waals surface area (Å²) in [4.78, 5) is 11.8. The first-order chi connectivity index (χ1) is 10.7. The van der Waals surface area contributed by atoms with Gasteiger partial charge < -0.3 is 14.6 Å². The fourth-order valence-electron chi connectivity index (χ4n) is 2.24. The zero-order chi connectivity index (χ0) is 15.4. The highest BCUT2D eigenvalue weighted by Gasteiger charge is 2.25. The average Bonchev–Trinajstić information content (AvgIpc) is 2.57. The molecule has 1 aliphatic rings. The van der Waals surface area contributed by atoms with Crippen LogP contribution in [0.4, 0.5) is 0 Å². The highest BCUT2D eigenvalue weighted by atomic mass is 16.6. The molecule has 4 heteroatoms. The fraction of sp³-hybridized carbons (Fsp3) is 0.167. The Hall–Kier alpha value is -2.43.